The Labute approximate surface area is 108 Å². The highest BCUT2D eigenvalue weighted by Gasteiger charge is 2.15. The van der Waals surface area contributed by atoms with Gasteiger partial charge in [-0.15, -0.1) is 0 Å². The van der Waals surface area contributed by atoms with Crippen molar-refractivity contribution in [3.63, 3.8) is 0 Å². The van der Waals surface area contributed by atoms with Gasteiger partial charge in [0.1, 0.15) is 5.75 Å². The SMILES string of the molecule is CCC(C)[C@@H](CO)SCc1ccc(OC)cc1. The van der Waals surface area contributed by atoms with E-state index >= 15 is 0 Å². The Balaban J connectivity index is 2.47. The Morgan fingerprint density at radius 3 is 2.41 bits per heavy atom. The first-order chi connectivity index (χ1) is 8.21. The summed E-state index contributed by atoms with van der Waals surface area (Å²) in [6.07, 6.45) is 1.11. The fourth-order valence-electron chi connectivity index (χ4n) is 1.58. The molecule has 1 unspecified atom stereocenters. The van der Waals surface area contributed by atoms with Gasteiger partial charge in [0.25, 0.3) is 0 Å². The number of aliphatic hydroxyl groups is 1. The van der Waals surface area contributed by atoms with Crippen molar-refractivity contribution >= 4 is 11.8 Å². The van der Waals surface area contributed by atoms with Crippen LogP contribution >= 0.6 is 11.8 Å². The summed E-state index contributed by atoms with van der Waals surface area (Å²) >= 11 is 1.83. The number of benzene rings is 1. The van der Waals surface area contributed by atoms with Crippen molar-refractivity contribution in [2.45, 2.75) is 31.3 Å². The molecular weight excluding hydrogens is 232 g/mol. The summed E-state index contributed by atoms with van der Waals surface area (Å²) in [6.45, 7) is 4.62. The van der Waals surface area contributed by atoms with Crippen LogP contribution in [-0.2, 0) is 5.75 Å². The third-order valence-corrected chi connectivity index (χ3v) is 4.62. The van der Waals surface area contributed by atoms with Gasteiger partial charge in [-0.1, -0.05) is 32.4 Å². The molecule has 2 nitrogen and oxygen atoms in total. The maximum atomic E-state index is 9.35. The molecule has 0 saturated heterocycles. The topological polar surface area (TPSA) is 29.5 Å². The number of thioether (sulfide) groups is 1. The minimum atomic E-state index is 0.260. The van der Waals surface area contributed by atoms with Crippen molar-refractivity contribution in [3.8, 4) is 5.75 Å². The molecule has 0 fully saturated rings. The Morgan fingerprint density at radius 1 is 1.29 bits per heavy atom. The second-order valence-electron chi connectivity index (χ2n) is 4.27. The lowest BCUT2D eigenvalue weighted by atomic mass is 10.1. The van der Waals surface area contributed by atoms with Crippen LogP contribution in [0.4, 0.5) is 0 Å². The lowest BCUT2D eigenvalue weighted by Crippen LogP contribution is -2.18. The molecule has 1 rings (SSSR count). The van der Waals surface area contributed by atoms with Gasteiger partial charge in [0.2, 0.25) is 0 Å². The Kier molecular flexibility index (Phi) is 6.45. The van der Waals surface area contributed by atoms with E-state index in [1.54, 1.807) is 7.11 Å². The van der Waals surface area contributed by atoms with Gasteiger partial charge in [0, 0.05) is 11.0 Å². The molecule has 1 aromatic carbocycles. The highest BCUT2D eigenvalue weighted by atomic mass is 32.2. The number of methoxy groups -OCH3 is 1. The molecule has 0 bridgehead atoms. The zero-order valence-corrected chi connectivity index (χ0v) is 11.7. The first-order valence-electron chi connectivity index (χ1n) is 6.06. The highest BCUT2D eigenvalue weighted by Crippen LogP contribution is 2.26. The van der Waals surface area contributed by atoms with Crippen molar-refractivity contribution in [1.82, 2.24) is 0 Å². The molecule has 0 aliphatic heterocycles. The quantitative estimate of drug-likeness (QED) is 0.809. The van der Waals surface area contributed by atoms with E-state index in [0.717, 1.165) is 17.9 Å². The van der Waals surface area contributed by atoms with Crippen LogP contribution in [-0.4, -0.2) is 24.1 Å². The zero-order chi connectivity index (χ0) is 12.7. The summed E-state index contributed by atoms with van der Waals surface area (Å²) in [5.74, 6) is 2.39. The van der Waals surface area contributed by atoms with Gasteiger partial charge in [-0.25, -0.2) is 0 Å². The molecule has 0 aliphatic carbocycles. The van der Waals surface area contributed by atoms with E-state index in [1.807, 2.05) is 23.9 Å². The molecule has 1 N–H and O–H groups in total. The molecule has 96 valence electrons. The second kappa shape index (κ2) is 7.62. The van der Waals surface area contributed by atoms with E-state index in [2.05, 4.69) is 26.0 Å². The molecule has 0 aliphatic rings. The fraction of sp³-hybridized carbons (Fsp3) is 0.571. The van der Waals surface area contributed by atoms with E-state index in [4.69, 9.17) is 4.74 Å². The number of aliphatic hydroxyl groups excluding tert-OH is 1. The van der Waals surface area contributed by atoms with Crippen LogP contribution in [0.2, 0.25) is 0 Å². The van der Waals surface area contributed by atoms with E-state index in [9.17, 15) is 5.11 Å². The zero-order valence-electron chi connectivity index (χ0n) is 10.8. The summed E-state index contributed by atoms with van der Waals surface area (Å²) in [5, 5.41) is 9.68. The van der Waals surface area contributed by atoms with E-state index in [0.29, 0.717) is 11.2 Å². The molecular formula is C14H22O2S. The highest BCUT2D eigenvalue weighted by molar-refractivity contribution is 7.99. The van der Waals surface area contributed by atoms with E-state index in [1.165, 1.54) is 5.56 Å². The third kappa shape index (κ3) is 4.60. The van der Waals surface area contributed by atoms with E-state index in [-0.39, 0.29) is 6.61 Å². The molecule has 3 heteroatoms. The molecule has 0 radical (unpaired) electrons. The Bertz CT molecular complexity index is 311. The van der Waals surface area contributed by atoms with Crippen molar-refractivity contribution < 1.29 is 9.84 Å². The fourth-order valence-corrected chi connectivity index (χ4v) is 2.81. The minimum absolute atomic E-state index is 0.260. The van der Waals surface area contributed by atoms with Crippen molar-refractivity contribution in [3.05, 3.63) is 29.8 Å². The summed E-state index contributed by atoms with van der Waals surface area (Å²) in [5.41, 5.74) is 1.28. The van der Waals surface area contributed by atoms with Crippen LogP contribution < -0.4 is 4.74 Å². The lowest BCUT2D eigenvalue weighted by molar-refractivity contribution is 0.268. The van der Waals surface area contributed by atoms with Gasteiger partial charge < -0.3 is 9.84 Å². The average Bonchev–Trinajstić information content (AvgIpc) is 2.39. The predicted octanol–water partition coefficient (Wildman–Crippen LogP) is 3.34. The van der Waals surface area contributed by atoms with Gasteiger partial charge in [0.05, 0.1) is 13.7 Å². The predicted molar refractivity (Wildman–Crippen MR) is 74.6 cm³/mol. The second-order valence-corrected chi connectivity index (χ2v) is 5.49. The van der Waals surface area contributed by atoms with Crippen LogP contribution in [0.15, 0.2) is 24.3 Å². The standard InChI is InChI=1S/C14H22O2S/c1-4-11(2)14(9-15)17-10-12-5-7-13(16-3)8-6-12/h5-8,11,14-15H,4,9-10H2,1-3H3/t11?,14-/m1/s1. The Morgan fingerprint density at radius 2 is 1.94 bits per heavy atom. The number of hydrogen-bond donors (Lipinski definition) is 1. The smallest absolute Gasteiger partial charge is 0.118 e. The summed E-state index contributed by atoms with van der Waals surface area (Å²) in [7, 11) is 1.68. The number of ether oxygens (including phenoxy) is 1. The lowest BCUT2D eigenvalue weighted by Gasteiger charge is -2.20. The molecule has 1 aromatic rings. The maximum Gasteiger partial charge on any atom is 0.118 e. The Hall–Kier alpha value is -0.670. The van der Waals surface area contributed by atoms with Crippen LogP contribution in [0.25, 0.3) is 0 Å². The van der Waals surface area contributed by atoms with Crippen LogP contribution in [0, 0.1) is 5.92 Å². The summed E-state index contributed by atoms with van der Waals surface area (Å²) in [6, 6.07) is 8.12. The summed E-state index contributed by atoms with van der Waals surface area (Å²) in [4.78, 5) is 0. The molecule has 0 amide bonds. The van der Waals surface area contributed by atoms with Gasteiger partial charge >= 0.3 is 0 Å². The van der Waals surface area contributed by atoms with Crippen LogP contribution in [0.1, 0.15) is 25.8 Å². The molecule has 2 atom stereocenters. The van der Waals surface area contributed by atoms with Crippen LogP contribution in [0.5, 0.6) is 5.75 Å². The van der Waals surface area contributed by atoms with Crippen molar-refractivity contribution in [1.29, 1.82) is 0 Å². The number of rotatable bonds is 7. The molecule has 17 heavy (non-hydrogen) atoms. The third-order valence-electron chi connectivity index (χ3n) is 3.08. The van der Waals surface area contributed by atoms with Crippen molar-refractivity contribution in [2.24, 2.45) is 5.92 Å². The van der Waals surface area contributed by atoms with Gasteiger partial charge in [-0.05, 0) is 23.6 Å². The van der Waals surface area contributed by atoms with E-state index < -0.39 is 0 Å². The van der Waals surface area contributed by atoms with Crippen molar-refractivity contribution in [2.75, 3.05) is 13.7 Å². The first-order valence-corrected chi connectivity index (χ1v) is 7.11. The van der Waals surface area contributed by atoms with Crippen LogP contribution in [0.3, 0.4) is 0 Å². The monoisotopic (exact) mass is 254 g/mol. The first kappa shape index (κ1) is 14.4. The normalized spacial score (nSPS) is 14.4. The molecule has 0 spiro atoms. The minimum Gasteiger partial charge on any atom is -0.497 e. The largest absolute Gasteiger partial charge is 0.497 e. The van der Waals surface area contributed by atoms with Gasteiger partial charge in [0.15, 0.2) is 0 Å². The van der Waals surface area contributed by atoms with Gasteiger partial charge in [-0.3, -0.25) is 0 Å². The molecule has 0 aromatic heterocycles. The average molecular weight is 254 g/mol. The molecule has 0 heterocycles. The van der Waals surface area contributed by atoms with Gasteiger partial charge in [-0.2, -0.15) is 11.8 Å². The number of hydrogen-bond acceptors (Lipinski definition) is 3. The molecule has 0 saturated carbocycles. The summed E-state index contributed by atoms with van der Waals surface area (Å²) < 4.78 is 5.12. The maximum absolute atomic E-state index is 9.35.